The highest BCUT2D eigenvalue weighted by Gasteiger charge is 1.88. The molecule has 0 heterocycles. The van der Waals surface area contributed by atoms with Crippen LogP contribution in [-0.2, 0) is 0 Å². The van der Waals surface area contributed by atoms with Crippen LogP contribution in [-0.4, -0.2) is 12.8 Å². The number of aliphatic imine (C=N–C) groups is 1. The molecule has 0 fully saturated rings. The van der Waals surface area contributed by atoms with E-state index in [0.717, 1.165) is 10.6 Å². The van der Waals surface area contributed by atoms with Crippen molar-refractivity contribution in [3.8, 4) is 0 Å². The van der Waals surface area contributed by atoms with Gasteiger partial charge in [0.15, 0.2) is 0 Å². The van der Waals surface area contributed by atoms with E-state index in [9.17, 15) is 0 Å². The van der Waals surface area contributed by atoms with Crippen LogP contribution in [0.5, 0.6) is 0 Å². The minimum Gasteiger partial charge on any atom is -0.404 e. The van der Waals surface area contributed by atoms with Crippen molar-refractivity contribution in [2.24, 2.45) is 10.7 Å². The molecule has 0 saturated carbocycles. The molecule has 0 aromatic carbocycles. The van der Waals surface area contributed by atoms with Crippen LogP contribution in [0, 0.1) is 0 Å². The van der Waals surface area contributed by atoms with Gasteiger partial charge in [-0.2, -0.15) is 0 Å². The zero-order valence-electron chi connectivity index (χ0n) is 5.05. The lowest BCUT2D eigenvalue weighted by Crippen LogP contribution is -1.93. The molecule has 0 spiro atoms. The van der Waals surface area contributed by atoms with Crippen molar-refractivity contribution >= 4 is 18.3 Å². The molecular formula is C5H10N2S. The summed E-state index contributed by atoms with van der Waals surface area (Å²) in [4.78, 5) is 4.58. The minimum absolute atomic E-state index is 0.729. The van der Waals surface area contributed by atoms with E-state index in [-0.39, 0.29) is 0 Å². The first-order chi connectivity index (χ1) is 3.72. The number of hydrogen-bond acceptors (Lipinski definition) is 3. The first-order valence-electron chi connectivity index (χ1n) is 2.27. The van der Waals surface area contributed by atoms with Gasteiger partial charge in [-0.25, -0.2) is 0 Å². The highest BCUT2D eigenvalue weighted by Crippen LogP contribution is 1.99. The number of allylic oxidation sites excluding steroid dienone is 1. The monoisotopic (exact) mass is 130 g/mol. The summed E-state index contributed by atoms with van der Waals surface area (Å²) in [5, 5.41) is 0. The molecule has 0 bridgehead atoms. The lowest BCUT2D eigenvalue weighted by molar-refractivity contribution is 1.42. The molecule has 0 aliphatic heterocycles. The summed E-state index contributed by atoms with van der Waals surface area (Å²) in [6, 6.07) is 0. The average molecular weight is 130 g/mol. The van der Waals surface area contributed by atoms with Crippen LogP contribution in [0.15, 0.2) is 16.1 Å². The summed E-state index contributed by atoms with van der Waals surface area (Å²) in [5.41, 5.74) is 5.99. The zero-order valence-corrected chi connectivity index (χ0v) is 5.94. The van der Waals surface area contributed by atoms with E-state index < -0.39 is 0 Å². The smallest absolute Gasteiger partial charge is 0.0461 e. The van der Waals surface area contributed by atoms with Gasteiger partial charge in [0, 0.05) is 23.9 Å². The largest absolute Gasteiger partial charge is 0.404 e. The third kappa shape index (κ3) is 2.02. The van der Waals surface area contributed by atoms with Crippen LogP contribution in [0.1, 0.15) is 6.92 Å². The topological polar surface area (TPSA) is 38.4 Å². The van der Waals surface area contributed by atoms with E-state index >= 15 is 0 Å². The number of thiol groups is 1. The lowest BCUT2D eigenvalue weighted by Gasteiger charge is -1.92. The van der Waals surface area contributed by atoms with Crippen LogP contribution in [0.3, 0.4) is 0 Å². The van der Waals surface area contributed by atoms with Gasteiger partial charge >= 0.3 is 0 Å². The number of nitrogens with zero attached hydrogens (tertiary/aromatic N) is 1. The van der Waals surface area contributed by atoms with Gasteiger partial charge < -0.3 is 5.73 Å². The van der Waals surface area contributed by atoms with Crippen molar-refractivity contribution in [2.75, 3.05) is 7.05 Å². The molecule has 0 unspecified atom stereocenters. The van der Waals surface area contributed by atoms with E-state index in [0.29, 0.717) is 0 Å². The molecule has 0 saturated heterocycles. The van der Waals surface area contributed by atoms with Crippen molar-refractivity contribution in [1.29, 1.82) is 0 Å². The van der Waals surface area contributed by atoms with E-state index in [1.807, 2.05) is 6.92 Å². The molecule has 0 aromatic rings. The molecule has 2 nitrogen and oxygen atoms in total. The SMILES string of the molecule is CN=C(C)C(S)=CN. The van der Waals surface area contributed by atoms with Crippen LogP contribution < -0.4 is 5.73 Å². The van der Waals surface area contributed by atoms with Crippen molar-refractivity contribution in [3.63, 3.8) is 0 Å². The van der Waals surface area contributed by atoms with E-state index in [1.165, 1.54) is 6.20 Å². The van der Waals surface area contributed by atoms with Gasteiger partial charge in [0.1, 0.15) is 0 Å². The fourth-order valence-electron chi connectivity index (χ4n) is 0.235. The molecule has 8 heavy (non-hydrogen) atoms. The Morgan fingerprint density at radius 2 is 2.25 bits per heavy atom. The maximum atomic E-state index is 5.13. The van der Waals surface area contributed by atoms with Crippen molar-refractivity contribution < 1.29 is 0 Å². The number of nitrogens with two attached hydrogens (primary N) is 1. The first kappa shape index (κ1) is 7.56. The van der Waals surface area contributed by atoms with Crippen molar-refractivity contribution in [3.05, 3.63) is 11.1 Å². The zero-order chi connectivity index (χ0) is 6.57. The fourth-order valence-corrected chi connectivity index (χ4v) is 0.335. The van der Waals surface area contributed by atoms with E-state index in [1.54, 1.807) is 7.05 Å². The lowest BCUT2D eigenvalue weighted by atomic mass is 10.4. The van der Waals surface area contributed by atoms with Gasteiger partial charge in [-0.1, -0.05) is 0 Å². The standard InChI is InChI=1S/C5H10N2S/c1-4(7-2)5(8)3-6/h3,8H,6H2,1-2H3. The molecule has 3 heteroatoms. The first-order valence-corrected chi connectivity index (χ1v) is 2.71. The Balaban J connectivity index is 4.04. The van der Waals surface area contributed by atoms with Crippen LogP contribution in [0.4, 0.5) is 0 Å². The highest BCUT2D eigenvalue weighted by atomic mass is 32.1. The molecule has 0 aromatic heterocycles. The van der Waals surface area contributed by atoms with Crippen LogP contribution in [0.25, 0.3) is 0 Å². The minimum atomic E-state index is 0.729. The molecule has 0 radical (unpaired) electrons. The summed E-state index contributed by atoms with van der Waals surface area (Å²) >= 11 is 4.01. The molecule has 0 aliphatic rings. The molecule has 0 rings (SSSR count). The molecular weight excluding hydrogens is 120 g/mol. The summed E-state index contributed by atoms with van der Waals surface area (Å²) in [6.45, 7) is 1.85. The Morgan fingerprint density at radius 1 is 1.75 bits per heavy atom. The average Bonchev–Trinajstić information content (AvgIpc) is 1.84. The Labute approximate surface area is 54.9 Å². The quantitative estimate of drug-likeness (QED) is 0.400. The van der Waals surface area contributed by atoms with Gasteiger partial charge in [-0.3, -0.25) is 4.99 Å². The second-order valence-electron chi connectivity index (χ2n) is 1.36. The Hall–Kier alpha value is -0.440. The summed E-state index contributed by atoms with van der Waals surface area (Å²) < 4.78 is 0. The normalized spacial score (nSPS) is 14.4. The number of rotatable bonds is 1. The molecule has 0 amide bonds. The van der Waals surface area contributed by atoms with Gasteiger partial charge in [0.05, 0.1) is 0 Å². The van der Waals surface area contributed by atoms with Gasteiger partial charge in [-0.15, -0.1) is 12.6 Å². The van der Waals surface area contributed by atoms with Crippen molar-refractivity contribution in [2.45, 2.75) is 6.92 Å². The van der Waals surface area contributed by atoms with Crippen LogP contribution >= 0.6 is 12.6 Å². The summed E-state index contributed by atoms with van der Waals surface area (Å²) in [6.07, 6.45) is 1.42. The van der Waals surface area contributed by atoms with Gasteiger partial charge in [0.25, 0.3) is 0 Å². The second kappa shape index (κ2) is 3.55. The predicted molar refractivity (Wildman–Crippen MR) is 40.3 cm³/mol. The molecule has 0 aliphatic carbocycles. The Morgan fingerprint density at radius 3 is 2.38 bits per heavy atom. The Kier molecular flexibility index (Phi) is 3.35. The fraction of sp³-hybridized carbons (Fsp3) is 0.400. The van der Waals surface area contributed by atoms with Crippen molar-refractivity contribution in [1.82, 2.24) is 0 Å². The maximum absolute atomic E-state index is 5.13. The Bertz CT molecular complexity index is 110. The van der Waals surface area contributed by atoms with Crippen LogP contribution in [0.2, 0.25) is 0 Å². The van der Waals surface area contributed by atoms with Gasteiger partial charge in [-0.05, 0) is 6.92 Å². The highest BCUT2D eigenvalue weighted by molar-refractivity contribution is 7.85. The van der Waals surface area contributed by atoms with Gasteiger partial charge in [0.2, 0.25) is 0 Å². The van der Waals surface area contributed by atoms with E-state index in [2.05, 4.69) is 17.6 Å². The summed E-state index contributed by atoms with van der Waals surface area (Å²) in [7, 11) is 1.70. The molecule has 0 atom stereocenters. The second-order valence-corrected chi connectivity index (χ2v) is 1.84. The predicted octanol–water partition coefficient (Wildman–Crippen LogP) is 0.807. The molecule has 46 valence electrons. The third-order valence-corrected chi connectivity index (χ3v) is 1.34. The maximum Gasteiger partial charge on any atom is 0.0461 e. The third-order valence-electron chi connectivity index (χ3n) is 0.864. The van der Waals surface area contributed by atoms with E-state index in [4.69, 9.17) is 5.73 Å². The summed E-state index contributed by atoms with van der Waals surface area (Å²) in [5.74, 6) is 0. The molecule has 2 N–H and O–H groups in total. The number of hydrogen-bond donors (Lipinski definition) is 2.